The van der Waals surface area contributed by atoms with Gasteiger partial charge in [0.05, 0.1) is 11.0 Å². The van der Waals surface area contributed by atoms with Crippen LogP contribution in [0.2, 0.25) is 0 Å². The number of imidazole rings is 1. The third kappa shape index (κ3) is 6.29. The Labute approximate surface area is 192 Å². The molecule has 2 saturated heterocycles. The van der Waals surface area contributed by atoms with Crippen molar-refractivity contribution in [3.63, 3.8) is 0 Å². The summed E-state index contributed by atoms with van der Waals surface area (Å²) in [4.78, 5) is 39.0. The van der Waals surface area contributed by atoms with Gasteiger partial charge in [-0.2, -0.15) is 0 Å². The maximum absolute atomic E-state index is 12.9. The third-order valence-electron chi connectivity index (χ3n) is 5.52. The van der Waals surface area contributed by atoms with Crippen LogP contribution in [0.4, 0.5) is 0 Å². The van der Waals surface area contributed by atoms with Gasteiger partial charge in [0.25, 0.3) is 17.8 Å². The number of carboxylic acid groups (broad SMARTS) is 2. The Morgan fingerprint density at radius 2 is 1.70 bits per heavy atom. The number of fused-ring (bicyclic) bond motifs is 2. The van der Waals surface area contributed by atoms with Crippen LogP contribution in [0.5, 0.6) is 0 Å². The van der Waals surface area contributed by atoms with Crippen LogP contribution >= 0.6 is 0 Å². The summed E-state index contributed by atoms with van der Waals surface area (Å²) in [6.45, 7) is 4.85. The molecule has 2 aliphatic rings. The minimum atomic E-state index is -3.16. The first-order chi connectivity index (χ1) is 15.2. The van der Waals surface area contributed by atoms with Gasteiger partial charge in [-0.1, -0.05) is 6.07 Å². The molecule has 182 valence electrons. The third-order valence-corrected chi connectivity index (χ3v) is 7.74. The lowest BCUT2D eigenvalue weighted by molar-refractivity contribution is -0.135. The fourth-order valence-electron chi connectivity index (χ4n) is 4.15. The maximum Gasteiger partial charge on any atom is 0.300 e. The van der Waals surface area contributed by atoms with Crippen LogP contribution < -0.4 is 0 Å². The molecule has 0 saturated carbocycles. The topological polar surface area (TPSA) is 150 Å². The minimum absolute atomic E-state index is 0.0253. The SMILES string of the molecule is CC(=O)O.CC(=O)O.Cc1cccn2cc(C(=O)N3C[C@H]4[C@H](N(C)C)CS(=O)(=O)[C@H]4C3)nc12. The molecule has 4 rings (SSSR count). The van der Waals surface area contributed by atoms with Crippen molar-refractivity contribution >= 4 is 33.3 Å². The van der Waals surface area contributed by atoms with Crippen molar-refractivity contribution in [2.45, 2.75) is 32.1 Å². The molecule has 1 amide bonds. The number of carboxylic acids is 2. The van der Waals surface area contributed by atoms with E-state index >= 15 is 0 Å². The van der Waals surface area contributed by atoms with Gasteiger partial charge < -0.3 is 24.4 Å². The van der Waals surface area contributed by atoms with Gasteiger partial charge in [0.2, 0.25) is 0 Å². The second kappa shape index (κ2) is 10.3. The van der Waals surface area contributed by atoms with Crippen molar-refractivity contribution in [2.75, 3.05) is 32.9 Å². The number of likely N-dealkylation sites (tertiary alicyclic amines) is 1. The van der Waals surface area contributed by atoms with E-state index in [-0.39, 0.29) is 30.2 Å². The number of nitrogens with zero attached hydrogens (tertiary/aromatic N) is 4. The van der Waals surface area contributed by atoms with Crippen LogP contribution in [-0.2, 0) is 19.4 Å². The average Bonchev–Trinajstić information content (AvgIpc) is 3.35. The Bertz CT molecular complexity index is 1120. The highest BCUT2D eigenvalue weighted by atomic mass is 32.2. The first kappa shape index (κ1) is 26.3. The first-order valence-corrected chi connectivity index (χ1v) is 12.0. The Morgan fingerprint density at radius 3 is 2.21 bits per heavy atom. The van der Waals surface area contributed by atoms with Crippen molar-refractivity contribution < 1.29 is 33.0 Å². The number of pyridine rings is 1. The highest BCUT2D eigenvalue weighted by Gasteiger charge is 2.53. The Hall–Kier alpha value is -2.99. The number of sulfone groups is 1. The van der Waals surface area contributed by atoms with Gasteiger partial charge >= 0.3 is 0 Å². The lowest BCUT2D eigenvalue weighted by Crippen LogP contribution is -2.38. The number of carbonyl (C=O) groups excluding carboxylic acids is 1. The number of rotatable bonds is 2. The molecule has 4 heterocycles. The molecule has 0 spiro atoms. The number of aromatic nitrogens is 2. The molecule has 2 aromatic rings. The zero-order chi connectivity index (χ0) is 25.1. The smallest absolute Gasteiger partial charge is 0.300 e. The Morgan fingerprint density at radius 1 is 1.12 bits per heavy atom. The van der Waals surface area contributed by atoms with E-state index in [0.29, 0.717) is 12.2 Å². The molecule has 2 aromatic heterocycles. The highest BCUT2D eigenvalue weighted by molar-refractivity contribution is 7.92. The molecule has 2 aliphatic heterocycles. The van der Waals surface area contributed by atoms with Crippen LogP contribution in [-0.4, -0.2) is 99.9 Å². The lowest BCUT2D eigenvalue weighted by Gasteiger charge is -2.24. The van der Waals surface area contributed by atoms with E-state index in [1.807, 2.05) is 48.6 Å². The van der Waals surface area contributed by atoms with Gasteiger partial charge in [-0.05, 0) is 32.6 Å². The molecule has 0 radical (unpaired) electrons. The quantitative estimate of drug-likeness (QED) is 0.628. The van der Waals surface area contributed by atoms with Gasteiger partial charge in [0, 0.05) is 51.3 Å². The zero-order valence-corrected chi connectivity index (χ0v) is 20.1. The van der Waals surface area contributed by atoms with E-state index < -0.39 is 27.0 Å². The predicted octanol–water partition coefficient (Wildman–Crippen LogP) is 0.624. The first-order valence-electron chi connectivity index (χ1n) is 10.2. The van der Waals surface area contributed by atoms with Crippen LogP contribution in [0.25, 0.3) is 5.65 Å². The van der Waals surface area contributed by atoms with Crippen molar-refractivity contribution in [3.05, 3.63) is 35.8 Å². The molecule has 3 atom stereocenters. The van der Waals surface area contributed by atoms with E-state index in [4.69, 9.17) is 19.8 Å². The van der Waals surface area contributed by atoms with Crippen LogP contribution in [0, 0.1) is 12.8 Å². The van der Waals surface area contributed by atoms with Gasteiger partial charge in [-0.25, -0.2) is 13.4 Å². The standard InChI is InChI=1S/C17H22N4O3S.2C2H4O2/c1-11-5-4-6-20-8-13(18-16(11)20)17(22)21-7-12-14(19(2)3)10-25(23,24)15(12)9-21;2*1-2(3)4/h4-6,8,12,14-15H,7,9-10H2,1-3H3;2*1H3,(H,3,4)/t12-,14+,15-;;/m0../s1. The molecule has 2 fully saturated rings. The van der Waals surface area contributed by atoms with Crippen LogP contribution in [0.15, 0.2) is 24.5 Å². The molecular weight excluding hydrogens is 452 g/mol. The fraction of sp³-hybridized carbons (Fsp3) is 0.524. The van der Waals surface area contributed by atoms with Crippen molar-refractivity contribution in [2.24, 2.45) is 5.92 Å². The van der Waals surface area contributed by atoms with E-state index in [1.54, 1.807) is 11.1 Å². The van der Waals surface area contributed by atoms with E-state index in [0.717, 1.165) is 25.1 Å². The summed E-state index contributed by atoms with van der Waals surface area (Å²) in [5.41, 5.74) is 2.12. The monoisotopic (exact) mass is 482 g/mol. The molecule has 2 N–H and O–H groups in total. The van der Waals surface area contributed by atoms with E-state index in [2.05, 4.69) is 4.98 Å². The number of aryl methyl sites for hydroxylation is 1. The lowest BCUT2D eigenvalue weighted by atomic mass is 10.00. The number of hydrogen-bond donors (Lipinski definition) is 2. The second-order valence-corrected chi connectivity index (χ2v) is 10.6. The summed E-state index contributed by atoms with van der Waals surface area (Å²) in [6, 6.07) is 3.83. The molecular formula is C21H30N4O7S. The summed E-state index contributed by atoms with van der Waals surface area (Å²) in [6.07, 6.45) is 3.58. The predicted molar refractivity (Wildman–Crippen MR) is 121 cm³/mol. The maximum atomic E-state index is 12.9. The summed E-state index contributed by atoms with van der Waals surface area (Å²) in [5.74, 6) is -1.70. The van der Waals surface area contributed by atoms with Crippen molar-refractivity contribution in [3.8, 4) is 0 Å². The van der Waals surface area contributed by atoms with E-state index in [9.17, 15) is 13.2 Å². The largest absolute Gasteiger partial charge is 0.481 e. The van der Waals surface area contributed by atoms with Crippen molar-refractivity contribution in [1.29, 1.82) is 0 Å². The van der Waals surface area contributed by atoms with E-state index in [1.165, 1.54) is 0 Å². The average molecular weight is 483 g/mol. The molecule has 0 bridgehead atoms. The summed E-state index contributed by atoms with van der Waals surface area (Å²) in [5, 5.41) is 14.4. The molecule has 0 aromatic carbocycles. The number of aliphatic carboxylic acids is 2. The fourth-order valence-corrected chi connectivity index (χ4v) is 6.63. The highest BCUT2D eigenvalue weighted by Crippen LogP contribution is 2.36. The van der Waals surface area contributed by atoms with Crippen LogP contribution in [0.3, 0.4) is 0 Å². The van der Waals surface area contributed by atoms with Crippen LogP contribution in [0.1, 0.15) is 29.9 Å². The molecule has 33 heavy (non-hydrogen) atoms. The Balaban J connectivity index is 0.000000420. The molecule has 11 nitrogen and oxygen atoms in total. The minimum Gasteiger partial charge on any atom is -0.481 e. The second-order valence-electron chi connectivity index (χ2n) is 8.36. The molecule has 0 unspecified atom stereocenters. The molecule has 12 heteroatoms. The summed E-state index contributed by atoms with van der Waals surface area (Å²) < 4.78 is 26.8. The number of hydrogen-bond acceptors (Lipinski definition) is 7. The number of amides is 1. The summed E-state index contributed by atoms with van der Waals surface area (Å²) >= 11 is 0. The molecule has 0 aliphatic carbocycles. The van der Waals surface area contributed by atoms with Crippen molar-refractivity contribution in [1.82, 2.24) is 19.2 Å². The van der Waals surface area contributed by atoms with Gasteiger partial charge in [-0.15, -0.1) is 0 Å². The number of carbonyl (C=O) groups is 3. The normalized spacial score (nSPS) is 22.7. The van der Waals surface area contributed by atoms with Gasteiger partial charge in [0.15, 0.2) is 9.84 Å². The van der Waals surface area contributed by atoms with Gasteiger partial charge in [0.1, 0.15) is 11.3 Å². The summed E-state index contributed by atoms with van der Waals surface area (Å²) in [7, 11) is 0.642. The zero-order valence-electron chi connectivity index (χ0n) is 19.3. The Kier molecular flexibility index (Phi) is 8.20. The van der Waals surface area contributed by atoms with Gasteiger partial charge in [-0.3, -0.25) is 14.4 Å².